The third kappa shape index (κ3) is 6.47. The Morgan fingerprint density at radius 1 is 1.50 bits per heavy atom. The van der Waals surface area contributed by atoms with Gasteiger partial charge in [-0.25, -0.2) is 13.4 Å². The number of sulfone groups is 1. The molecule has 0 radical (unpaired) electrons. The zero-order valence-electron chi connectivity index (χ0n) is 11.3. The van der Waals surface area contributed by atoms with Crippen LogP contribution >= 0.6 is 11.3 Å². The number of thiazole rings is 1. The van der Waals surface area contributed by atoms with E-state index < -0.39 is 9.84 Å². The summed E-state index contributed by atoms with van der Waals surface area (Å²) in [6.45, 7) is 5.00. The van der Waals surface area contributed by atoms with Crippen LogP contribution in [-0.2, 0) is 16.3 Å². The van der Waals surface area contributed by atoms with Crippen molar-refractivity contribution in [1.82, 2.24) is 10.3 Å². The number of nitrogens with zero attached hydrogens (tertiary/aromatic N) is 1. The number of aromatic nitrogens is 1. The first kappa shape index (κ1) is 15.6. The number of hydrogen-bond donors (Lipinski definition) is 1. The van der Waals surface area contributed by atoms with Gasteiger partial charge < -0.3 is 5.32 Å². The molecule has 0 fully saturated rings. The van der Waals surface area contributed by atoms with Crippen LogP contribution in [0.3, 0.4) is 0 Å². The summed E-state index contributed by atoms with van der Waals surface area (Å²) in [4.78, 5) is 4.43. The van der Waals surface area contributed by atoms with Crippen LogP contribution in [0.4, 0.5) is 0 Å². The number of aryl methyl sites for hydroxylation is 1. The van der Waals surface area contributed by atoms with Crippen molar-refractivity contribution < 1.29 is 8.42 Å². The van der Waals surface area contributed by atoms with Gasteiger partial charge in [0.1, 0.15) is 9.84 Å². The summed E-state index contributed by atoms with van der Waals surface area (Å²) in [6.07, 6.45) is 3.80. The van der Waals surface area contributed by atoms with E-state index in [-0.39, 0.29) is 11.8 Å². The van der Waals surface area contributed by atoms with Gasteiger partial charge in [0.2, 0.25) is 0 Å². The Kier molecular flexibility index (Phi) is 6.25. The molecule has 1 heterocycles. The molecule has 0 spiro atoms. The van der Waals surface area contributed by atoms with E-state index in [9.17, 15) is 8.42 Å². The molecule has 104 valence electrons. The molecule has 1 rings (SSSR count). The maximum absolute atomic E-state index is 11.2. The molecule has 0 bridgehead atoms. The second kappa shape index (κ2) is 7.21. The first-order valence-corrected chi connectivity index (χ1v) is 9.17. The number of hydrogen-bond acceptors (Lipinski definition) is 5. The molecule has 0 aromatic carbocycles. The molecule has 1 aromatic rings. The fourth-order valence-corrected chi connectivity index (χ4v) is 3.25. The normalized spacial score (nSPS) is 13.7. The maximum Gasteiger partial charge on any atom is 0.147 e. The summed E-state index contributed by atoms with van der Waals surface area (Å²) in [5.41, 5.74) is 1.03. The Bertz CT molecular complexity index is 454. The van der Waals surface area contributed by atoms with Gasteiger partial charge in [0.15, 0.2) is 0 Å². The van der Waals surface area contributed by atoms with Crippen LogP contribution in [0, 0.1) is 6.92 Å². The molecule has 1 unspecified atom stereocenters. The van der Waals surface area contributed by atoms with E-state index in [0.717, 1.165) is 30.1 Å². The summed E-state index contributed by atoms with van der Waals surface area (Å²) in [6, 6.07) is 0.199. The number of nitrogens with one attached hydrogen (secondary N) is 1. The molecule has 1 atom stereocenters. The van der Waals surface area contributed by atoms with Crippen LogP contribution in [0.2, 0.25) is 0 Å². The van der Waals surface area contributed by atoms with Crippen molar-refractivity contribution in [3.05, 3.63) is 16.1 Å². The van der Waals surface area contributed by atoms with E-state index in [0.29, 0.717) is 6.42 Å². The lowest BCUT2D eigenvalue weighted by atomic mass is 10.1. The van der Waals surface area contributed by atoms with E-state index in [2.05, 4.69) is 17.2 Å². The first-order valence-electron chi connectivity index (χ1n) is 6.23. The van der Waals surface area contributed by atoms with Crippen LogP contribution in [0.15, 0.2) is 5.38 Å². The largest absolute Gasteiger partial charge is 0.314 e. The molecule has 1 N–H and O–H groups in total. The van der Waals surface area contributed by atoms with Crippen molar-refractivity contribution in [3.63, 3.8) is 0 Å². The molecule has 4 nitrogen and oxygen atoms in total. The molecule has 0 amide bonds. The Morgan fingerprint density at radius 2 is 2.22 bits per heavy atom. The monoisotopic (exact) mass is 290 g/mol. The molecular formula is C12H22N2O2S2. The van der Waals surface area contributed by atoms with Crippen LogP contribution in [0.1, 0.15) is 30.5 Å². The SMILES string of the molecule is CCCNC(CCS(C)(=O)=O)Cc1nc(C)cs1. The van der Waals surface area contributed by atoms with E-state index in [1.807, 2.05) is 12.3 Å². The fourth-order valence-electron chi connectivity index (χ4n) is 1.69. The van der Waals surface area contributed by atoms with Gasteiger partial charge in [0, 0.05) is 29.8 Å². The van der Waals surface area contributed by atoms with Gasteiger partial charge >= 0.3 is 0 Å². The minimum absolute atomic E-state index is 0.199. The highest BCUT2D eigenvalue weighted by Crippen LogP contribution is 2.13. The Balaban J connectivity index is 2.54. The summed E-state index contributed by atoms with van der Waals surface area (Å²) >= 11 is 1.64. The minimum Gasteiger partial charge on any atom is -0.314 e. The lowest BCUT2D eigenvalue weighted by Gasteiger charge is -2.16. The van der Waals surface area contributed by atoms with E-state index in [1.54, 1.807) is 11.3 Å². The second-order valence-electron chi connectivity index (χ2n) is 4.66. The van der Waals surface area contributed by atoms with Crippen molar-refractivity contribution in [1.29, 1.82) is 0 Å². The topological polar surface area (TPSA) is 59.1 Å². The predicted octanol–water partition coefficient (Wildman–Crippen LogP) is 1.80. The average molecular weight is 290 g/mol. The molecule has 0 aliphatic rings. The third-order valence-electron chi connectivity index (χ3n) is 2.61. The van der Waals surface area contributed by atoms with Gasteiger partial charge in [-0.3, -0.25) is 0 Å². The highest BCUT2D eigenvalue weighted by atomic mass is 32.2. The van der Waals surface area contributed by atoms with Crippen LogP contribution in [-0.4, -0.2) is 38.0 Å². The standard InChI is InChI=1S/C12H22N2O2S2/c1-4-6-13-11(5-7-18(3,15)16)8-12-14-10(2)9-17-12/h9,11,13H,4-8H2,1-3H3. The Hall–Kier alpha value is -0.460. The molecule has 0 aliphatic heterocycles. The first-order chi connectivity index (χ1) is 8.40. The van der Waals surface area contributed by atoms with Gasteiger partial charge in [-0.15, -0.1) is 11.3 Å². The van der Waals surface area contributed by atoms with Gasteiger partial charge in [-0.05, 0) is 26.3 Å². The van der Waals surface area contributed by atoms with Crippen LogP contribution in [0.5, 0.6) is 0 Å². The zero-order valence-corrected chi connectivity index (χ0v) is 12.9. The lowest BCUT2D eigenvalue weighted by Crippen LogP contribution is -2.33. The average Bonchev–Trinajstić information content (AvgIpc) is 2.67. The molecule has 0 saturated carbocycles. The minimum atomic E-state index is -2.89. The summed E-state index contributed by atoms with van der Waals surface area (Å²) < 4.78 is 22.5. The molecule has 18 heavy (non-hydrogen) atoms. The third-order valence-corrected chi connectivity index (χ3v) is 4.57. The molecule has 6 heteroatoms. The maximum atomic E-state index is 11.2. The molecular weight excluding hydrogens is 268 g/mol. The van der Waals surface area contributed by atoms with Crippen LogP contribution in [0.25, 0.3) is 0 Å². The van der Waals surface area contributed by atoms with Gasteiger partial charge in [-0.1, -0.05) is 6.92 Å². The smallest absolute Gasteiger partial charge is 0.147 e. The Labute approximate surface area is 114 Å². The fraction of sp³-hybridized carbons (Fsp3) is 0.750. The summed E-state index contributed by atoms with van der Waals surface area (Å²) in [5, 5.41) is 6.51. The van der Waals surface area contributed by atoms with E-state index >= 15 is 0 Å². The predicted molar refractivity (Wildman–Crippen MR) is 77.0 cm³/mol. The van der Waals surface area contributed by atoms with Crippen molar-refractivity contribution in [2.45, 2.75) is 39.2 Å². The van der Waals surface area contributed by atoms with Gasteiger partial charge in [0.05, 0.1) is 10.8 Å². The van der Waals surface area contributed by atoms with Crippen molar-refractivity contribution in [2.75, 3.05) is 18.6 Å². The zero-order chi connectivity index (χ0) is 13.6. The van der Waals surface area contributed by atoms with Crippen molar-refractivity contribution in [2.24, 2.45) is 0 Å². The molecule has 0 saturated heterocycles. The molecule has 1 aromatic heterocycles. The summed E-state index contributed by atoms with van der Waals surface area (Å²) in [7, 11) is -2.89. The molecule has 0 aliphatic carbocycles. The van der Waals surface area contributed by atoms with Gasteiger partial charge in [0.25, 0.3) is 0 Å². The van der Waals surface area contributed by atoms with E-state index in [1.165, 1.54) is 6.26 Å². The lowest BCUT2D eigenvalue weighted by molar-refractivity contribution is 0.491. The van der Waals surface area contributed by atoms with Crippen LogP contribution < -0.4 is 5.32 Å². The number of rotatable bonds is 8. The highest BCUT2D eigenvalue weighted by Gasteiger charge is 2.14. The van der Waals surface area contributed by atoms with Crippen molar-refractivity contribution in [3.8, 4) is 0 Å². The second-order valence-corrected chi connectivity index (χ2v) is 7.86. The Morgan fingerprint density at radius 3 is 2.72 bits per heavy atom. The quantitative estimate of drug-likeness (QED) is 0.793. The van der Waals surface area contributed by atoms with E-state index in [4.69, 9.17) is 0 Å². The highest BCUT2D eigenvalue weighted by molar-refractivity contribution is 7.90. The van der Waals surface area contributed by atoms with Gasteiger partial charge in [-0.2, -0.15) is 0 Å². The van der Waals surface area contributed by atoms with Crippen molar-refractivity contribution >= 4 is 21.2 Å². The summed E-state index contributed by atoms with van der Waals surface area (Å²) in [5.74, 6) is 0.235.